The van der Waals surface area contributed by atoms with E-state index < -0.39 is 0 Å². The van der Waals surface area contributed by atoms with Gasteiger partial charge in [0.2, 0.25) is 5.95 Å². The Kier molecular flexibility index (Phi) is 5.56. The Morgan fingerprint density at radius 1 is 0.828 bits per heavy atom. The zero-order valence-electron chi connectivity index (χ0n) is 16.6. The van der Waals surface area contributed by atoms with E-state index in [2.05, 4.69) is 46.8 Å². The summed E-state index contributed by atoms with van der Waals surface area (Å²) in [7, 11) is 1.67. The van der Waals surface area contributed by atoms with E-state index in [1.807, 2.05) is 48.5 Å². The highest BCUT2D eigenvalue weighted by atomic mass is 16.5. The van der Waals surface area contributed by atoms with Gasteiger partial charge in [-0.2, -0.15) is 4.98 Å². The fraction of sp³-hybridized carbons (Fsp3) is 0.167. The number of aryl methyl sites for hydroxylation is 1. The topological polar surface area (TPSA) is 59.1 Å². The molecule has 0 radical (unpaired) electrons. The highest BCUT2D eigenvalue weighted by Crippen LogP contribution is 2.24. The number of benzene rings is 3. The van der Waals surface area contributed by atoms with Gasteiger partial charge < -0.3 is 15.4 Å². The van der Waals surface area contributed by atoms with Gasteiger partial charge in [0, 0.05) is 17.6 Å². The zero-order valence-corrected chi connectivity index (χ0v) is 16.6. The van der Waals surface area contributed by atoms with E-state index in [4.69, 9.17) is 9.72 Å². The molecule has 29 heavy (non-hydrogen) atoms. The smallest absolute Gasteiger partial charge is 0.229 e. The number of para-hydroxylation sites is 1. The lowest BCUT2D eigenvalue weighted by molar-refractivity contribution is 0.414. The number of hydrogen-bond acceptors (Lipinski definition) is 5. The summed E-state index contributed by atoms with van der Waals surface area (Å²) < 4.78 is 5.23. The van der Waals surface area contributed by atoms with Crippen LogP contribution in [0.25, 0.3) is 10.9 Å². The van der Waals surface area contributed by atoms with Gasteiger partial charge in [-0.25, -0.2) is 4.98 Å². The Hall–Kier alpha value is -3.60. The van der Waals surface area contributed by atoms with Crippen LogP contribution >= 0.6 is 0 Å². The largest absolute Gasteiger partial charge is 0.497 e. The predicted molar refractivity (Wildman–Crippen MR) is 119 cm³/mol. The van der Waals surface area contributed by atoms with Gasteiger partial charge in [0.1, 0.15) is 11.6 Å². The molecule has 5 heteroatoms. The molecule has 0 spiro atoms. The van der Waals surface area contributed by atoms with Gasteiger partial charge >= 0.3 is 0 Å². The van der Waals surface area contributed by atoms with Crippen molar-refractivity contribution in [3.05, 3.63) is 83.9 Å². The van der Waals surface area contributed by atoms with Crippen molar-refractivity contribution in [2.75, 3.05) is 17.7 Å². The first-order chi connectivity index (χ1) is 14.2. The molecule has 0 fully saturated rings. The van der Waals surface area contributed by atoms with E-state index in [1.54, 1.807) is 7.11 Å². The number of methoxy groups -OCH3 is 1. The molecule has 0 aliphatic heterocycles. The van der Waals surface area contributed by atoms with Crippen LogP contribution in [0.1, 0.15) is 18.1 Å². The van der Waals surface area contributed by atoms with E-state index in [-0.39, 0.29) is 0 Å². The second-order valence-corrected chi connectivity index (χ2v) is 6.79. The van der Waals surface area contributed by atoms with E-state index in [0.29, 0.717) is 12.5 Å². The standard InChI is InChI=1S/C24H24N4O/c1-3-17-8-12-19(13-9-17)26-24-27-22-7-5-4-6-21(22)23(28-24)25-16-18-10-14-20(29-2)15-11-18/h4-15H,3,16H2,1-2H3,(H2,25,26,27,28). The molecule has 5 nitrogen and oxygen atoms in total. The minimum atomic E-state index is 0.574. The van der Waals surface area contributed by atoms with Crippen LogP contribution in [0.2, 0.25) is 0 Å². The van der Waals surface area contributed by atoms with Crippen LogP contribution in [-0.2, 0) is 13.0 Å². The number of rotatable bonds is 7. The van der Waals surface area contributed by atoms with Gasteiger partial charge in [0.05, 0.1) is 12.6 Å². The average Bonchev–Trinajstić information content (AvgIpc) is 2.78. The van der Waals surface area contributed by atoms with Gasteiger partial charge in [-0.1, -0.05) is 43.3 Å². The highest BCUT2D eigenvalue weighted by Gasteiger charge is 2.08. The summed E-state index contributed by atoms with van der Waals surface area (Å²) in [4.78, 5) is 9.40. The molecule has 4 rings (SSSR count). The van der Waals surface area contributed by atoms with Crippen molar-refractivity contribution < 1.29 is 4.74 Å². The van der Waals surface area contributed by atoms with Crippen molar-refractivity contribution in [2.45, 2.75) is 19.9 Å². The van der Waals surface area contributed by atoms with Crippen LogP contribution in [0.4, 0.5) is 17.5 Å². The van der Waals surface area contributed by atoms with Crippen molar-refractivity contribution in [3.63, 3.8) is 0 Å². The maximum atomic E-state index is 5.23. The van der Waals surface area contributed by atoms with Crippen LogP contribution in [-0.4, -0.2) is 17.1 Å². The minimum absolute atomic E-state index is 0.574. The number of anilines is 3. The monoisotopic (exact) mass is 384 g/mol. The number of nitrogens with one attached hydrogen (secondary N) is 2. The van der Waals surface area contributed by atoms with E-state index >= 15 is 0 Å². The van der Waals surface area contributed by atoms with Crippen LogP contribution in [0.15, 0.2) is 72.8 Å². The molecule has 0 saturated heterocycles. The summed E-state index contributed by atoms with van der Waals surface area (Å²) >= 11 is 0. The van der Waals surface area contributed by atoms with Gasteiger partial charge in [0.25, 0.3) is 0 Å². The summed E-state index contributed by atoms with van der Waals surface area (Å²) in [6.45, 7) is 2.81. The number of aromatic nitrogens is 2. The van der Waals surface area contributed by atoms with E-state index in [0.717, 1.165) is 40.1 Å². The van der Waals surface area contributed by atoms with Gasteiger partial charge in [-0.15, -0.1) is 0 Å². The first-order valence-corrected chi connectivity index (χ1v) is 9.74. The van der Waals surface area contributed by atoms with Gasteiger partial charge in [-0.05, 0) is 53.9 Å². The molecule has 1 heterocycles. The first-order valence-electron chi connectivity index (χ1n) is 9.74. The van der Waals surface area contributed by atoms with Crippen molar-refractivity contribution in [1.29, 1.82) is 0 Å². The van der Waals surface area contributed by atoms with Gasteiger partial charge in [-0.3, -0.25) is 0 Å². The maximum Gasteiger partial charge on any atom is 0.229 e. The summed E-state index contributed by atoms with van der Waals surface area (Å²) in [6.07, 6.45) is 1.02. The molecular weight excluding hydrogens is 360 g/mol. The van der Waals surface area contributed by atoms with Crippen LogP contribution in [0.3, 0.4) is 0 Å². The van der Waals surface area contributed by atoms with Crippen LogP contribution < -0.4 is 15.4 Å². The lowest BCUT2D eigenvalue weighted by Crippen LogP contribution is -2.05. The fourth-order valence-corrected chi connectivity index (χ4v) is 3.15. The Morgan fingerprint density at radius 3 is 2.28 bits per heavy atom. The highest BCUT2D eigenvalue weighted by molar-refractivity contribution is 5.90. The average molecular weight is 384 g/mol. The molecule has 146 valence electrons. The molecule has 0 aliphatic carbocycles. The second-order valence-electron chi connectivity index (χ2n) is 6.79. The lowest BCUT2D eigenvalue weighted by Gasteiger charge is -2.12. The van der Waals surface area contributed by atoms with Crippen molar-refractivity contribution >= 4 is 28.4 Å². The Bertz CT molecular complexity index is 1090. The SMILES string of the molecule is CCc1ccc(Nc2nc(NCc3ccc(OC)cc3)c3ccccc3n2)cc1. The quantitative estimate of drug-likeness (QED) is 0.437. The molecule has 0 unspecified atom stereocenters. The molecule has 2 N–H and O–H groups in total. The van der Waals surface area contributed by atoms with Crippen molar-refractivity contribution in [1.82, 2.24) is 9.97 Å². The lowest BCUT2D eigenvalue weighted by atomic mass is 10.1. The summed E-state index contributed by atoms with van der Waals surface area (Å²) in [5.41, 5.74) is 4.32. The molecule has 3 aromatic carbocycles. The van der Waals surface area contributed by atoms with E-state index in [1.165, 1.54) is 5.56 Å². The number of hydrogen-bond donors (Lipinski definition) is 2. The van der Waals surface area contributed by atoms with Crippen LogP contribution in [0, 0.1) is 0 Å². The Labute approximate surface area is 170 Å². The van der Waals surface area contributed by atoms with Crippen molar-refractivity contribution in [3.8, 4) is 5.75 Å². The molecule has 0 aliphatic rings. The molecule has 0 amide bonds. The third-order valence-electron chi connectivity index (χ3n) is 4.84. The summed E-state index contributed by atoms with van der Waals surface area (Å²) in [5.74, 6) is 2.23. The third-order valence-corrected chi connectivity index (χ3v) is 4.84. The Morgan fingerprint density at radius 2 is 1.55 bits per heavy atom. The normalized spacial score (nSPS) is 10.7. The summed E-state index contributed by atoms with van der Waals surface area (Å²) in [6, 6.07) is 24.4. The van der Waals surface area contributed by atoms with Gasteiger partial charge in [0.15, 0.2) is 0 Å². The Balaban J connectivity index is 1.59. The number of nitrogens with zero attached hydrogens (tertiary/aromatic N) is 2. The first kappa shape index (κ1) is 18.7. The minimum Gasteiger partial charge on any atom is -0.497 e. The molecule has 1 aromatic heterocycles. The third kappa shape index (κ3) is 4.46. The number of ether oxygens (including phenoxy) is 1. The predicted octanol–water partition coefficient (Wildman–Crippen LogP) is 5.56. The van der Waals surface area contributed by atoms with E-state index in [9.17, 15) is 0 Å². The molecule has 0 atom stereocenters. The maximum absolute atomic E-state index is 5.23. The molecular formula is C24H24N4O. The van der Waals surface area contributed by atoms with Crippen LogP contribution in [0.5, 0.6) is 5.75 Å². The zero-order chi connectivity index (χ0) is 20.1. The molecule has 0 saturated carbocycles. The van der Waals surface area contributed by atoms with Crippen molar-refractivity contribution in [2.24, 2.45) is 0 Å². The molecule has 4 aromatic rings. The summed E-state index contributed by atoms with van der Waals surface area (Å²) in [5, 5.41) is 7.77. The fourth-order valence-electron chi connectivity index (χ4n) is 3.15. The molecule has 0 bridgehead atoms. The number of fused-ring (bicyclic) bond motifs is 1. The second kappa shape index (κ2) is 8.61.